The van der Waals surface area contributed by atoms with Crippen LogP contribution >= 0.6 is 0 Å². The van der Waals surface area contributed by atoms with E-state index in [1.807, 2.05) is 6.08 Å². The van der Waals surface area contributed by atoms with Crippen molar-refractivity contribution in [2.24, 2.45) is 11.3 Å². The van der Waals surface area contributed by atoms with E-state index in [1.54, 1.807) is 0 Å². The Hall–Kier alpha value is -0.590. The van der Waals surface area contributed by atoms with Gasteiger partial charge in [-0.25, -0.2) is 0 Å². The van der Waals surface area contributed by atoms with Gasteiger partial charge in [0.2, 0.25) is 0 Å². The fourth-order valence-electron chi connectivity index (χ4n) is 2.05. The molecule has 0 aromatic rings. The number of rotatable bonds is 2. The van der Waals surface area contributed by atoms with E-state index in [0.717, 1.165) is 19.3 Å². The van der Waals surface area contributed by atoms with Crippen molar-refractivity contribution in [3.8, 4) is 0 Å². The lowest BCUT2D eigenvalue weighted by Crippen LogP contribution is -2.34. The molecule has 1 aliphatic carbocycles. The van der Waals surface area contributed by atoms with Crippen LogP contribution < -0.4 is 0 Å². The van der Waals surface area contributed by atoms with Crippen molar-refractivity contribution in [2.45, 2.75) is 47.0 Å². The molecule has 0 spiro atoms. The van der Waals surface area contributed by atoms with E-state index >= 15 is 0 Å². The summed E-state index contributed by atoms with van der Waals surface area (Å²) in [5, 5.41) is 0. The third-order valence-corrected chi connectivity index (χ3v) is 3.71. The summed E-state index contributed by atoms with van der Waals surface area (Å²) in [5.74, 6) is 0.528. The lowest BCUT2D eigenvalue weighted by atomic mass is 9.66. The molecular formula is C12H20O. The number of hydrogen-bond donors (Lipinski definition) is 0. The first-order chi connectivity index (χ1) is 6.03. The van der Waals surface area contributed by atoms with Gasteiger partial charge in [0.05, 0.1) is 0 Å². The van der Waals surface area contributed by atoms with E-state index in [9.17, 15) is 4.79 Å². The fraction of sp³-hybridized carbons (Fsp3) is 0.750. The second-order valence-corrected chi connectivity index (χ2v) is 4.46. The fourth-order valence-corrected chi connectivity index (χ4v) is 2.05. The SMILES string of the molecule is CCC1=CC(=O)[C@H](C)[C@@](C)(CC)C1. The van der Waals surface area contributed by atoms with Crippen molar-refractivity contribution in [1.82, 2.24) is 0 Å². The van der Waals surface area contributed by atoms with Crippen LogP contribution in [-0.2, 0) is 4.79 Å². The van der Waals surface area contributed by atoms with Gasteiger partial charge in [-0.05, 0) is 30.8 Å². The minimum Gasteiger partial charge on any atom is -0.295 e. The van der Waals surface area contributed by atoms with Gasteiger partial charge in [-0.2, -0.15) is 0 Å². The second-order valence-electron chi connectivity index (χ2n) is 4.46. The smallest absolute Gasteiger partial charge is 0.158 e. The Morgan fingerprint density at radius 2 is 2.15 bits per heavy atom. The first-order valence-corrected chi connectivity index (χ1v) is 5.26. The van der Waals surface area contributed by atoms with E-state index in [1.165, 1.54) is 5.57 Å². The normalized spacial score (nSPS) is 34.6. The van der Waals surface area contributed by atoms with Crippen LogP contribution in [0.5, 0.6) is 0 Å². The zero-order chi connectivity index (χ0) is 10.1. The van der Waals surface area contributed by atoms with Crippen LogP contribution in [0.1, 0.15) is 47.0 Å². The van der Waals surface area contributed by atoms with Crippen molar-refractivity contribution >= 4 is 5.78 Å². The van der Waals surface area contributed by atoms with Gasteiger partial charge in [-0.15, -0.1) is 0 Å². The lowest BCUT2D eigenvalue weighted by Gasteiger charge is -2.37. The highest BCUT2D eigenvalue weighted by atomic mass is 16.1. The molecule has 0 fully saturated rings. The molecule has 0 heterocycles. The molecule has 0 aliphatic heterocycles. The maximum Gasteiger partial charge on any atom is 0.158 e. The van der Waals surface area contributed by atoms with Gasteiger partial charge in [0.25, 0.3) is 0 Å². The average Bonchev–Trinajstić information content (AvgIpc) is 2.13. The largest absolute Gasteiger partial charge is 0.295 e. The monoisotopic (exact) mass is 180 g/mol. The molecule has 0 N–H and O–H groups in total. The number of allylic oxidation sites excluding steroid dienone is 2. The molecule has 0 saturated heterocycles. The third-order valence-electron chi connectivity index (χ3n) is 3.71. The minimum absolute atomic E-state index is 0.202. The summed E-state index contributed by atoms with van der Waals surface area (Å²) in [7, 11) is 0. The van der Waals surface area contributed by atoms with Gasteiger partial charge < -0.3 is 0 Å². The number of ketones is 1. The molecule has 0 aromatic heterocycles. The van der Waals surface area contributed by atoms with Crippen molar-refractivity contribution in [1.29, 1.82) is 0 Å². The Bertz CT molecular complexity index is 240. The van der Waals surface area contributed by atoms with Crippen molar-refractivity contribution in [3.05, 3.63) is 11.6 Å². The van der Waals surface area contributed by atoms with Gasteiger partial charge in [0.15, 0.2) is 5.78 Å². The number of hydrogen-bond acceptors (Lipinski definition) is 1. The molecule has 0 amide bonds. The highest BCUT2D eigenvalue weighted by Crippen LogP contribution is 2.42. The maximum absolute atomic E-state index is 11.7. The second kappa shape index (κ2) is 3.65. The van der Waals surface area contributed by atoms with E-state index < -0.39 is 0 Å². The predicted octanol–water partition coefficient (Wildman–Crippen LogP) is 3.35. The molecule has 0 unspecified atom stereocenters. The lowest BCUT2D eigenvalue weighted by molar-refractivity contribution is -0.122. The van der Waals surface area contributed by atoms with Gasteiger partial charge in [-0.3, -0.25) is 4.79 Å². The van der Waals surface area contributed by atoms with Gasteiger partial charge in [0, 0.05) is 5.92 Å². The minimum atomic E-state index is 0.202. The van der Waals surface area contributed by atoms with Crippen LogP contribution in [0.2, 0.25) is 0 Å². The summed E-state index contributed by atoms with van der Waals surface area (Å²) in [6.45, 7) is 8.61. The molecule has 0 radical (unpaired) electrons. The Kier molecular flexibility index (Phi) is 2.94. The summed E-state index contributed by atoms with van der Waals surface area (Å²) in [5.41, 5.74) is 1.53. The first kappa shape index (κ1) is 10.5. The Labute approximate surface area is 81.2 Å². The molecule has 1 rings (SSSR count). The van der Waals surface area contributed by atoms with Gasteiger partial charge in [0.1, 0.15) is 0 Å². The summed E-state index contributed by atoms with van der Waals surface area (Å²) < 4.78 is 0. The number of carbonyl (C=O) groups excluding carboxylic acids is 1. The van der Waals surface area contributed by atoms with Crippen LogP contribution in [0.15, 0.2) is 11.6 Å². The van der Waals surface area contributed by atoms with E-state index in [4.69, 9.17) is 0 Å². The highest BCUT2D eigenvalue weighted by Gasteiger charge is 2.36. The van der Waals surface area contributed by atoms with Crippen molar-refractivity contribution in [3.63, 3.8) is 0 Å². The van der Waals surface area contributed by atoms with E-state index in [2.05, 4.69) is 27.7 Å². The summed E-state index contributed by atoms with van der Waals surface area (Å²) in [6, 6.07) is 0. The van der Waals surface area contributed by atoms with Gasteiger partial charge >= 0.3 is 0 Å². The molecule has 0 bridgehead atoms. The van der Waals surface area contributed by atoms with Crippen molar-refractivity contribution < 1.29 is 4.79 Å². The quantitative estimate of drug-likeness (QED) is 0.637. The van der Waals surface area contributed by atoms with E-state index in [-0.39, 0.29) is 11.3 Å². The molecule has 1 heteroatoms. The van der Waals surface area contributed by atoms with Crippen molar-refractivity contribution in [2.75, 3.05) is 0 Å². The molecular weight excluding hydrogens is 160 g/mol. The third kappa shape index (κ3) is 1.84. The standard InChI is InChI=1S/C12H20O/c1-5-10-7-11(13)9(3)12(4,6-2)8-10/h7,9H,5-6,8H2,1-4H3/t9-,12-/m0/s1. The highest BCUT2D eigenvalue weighted by molar-refractivity contribution is 5.93. The predicted molar refractivity (Wildman–Crippen MR) is 55.6 cm³/mol. The van der Waals surface area contributed by atoms with Crippen LogP contribution in [0.25, 0.3) is 0 Å². The topological polar surface area (TPSA) is 17.1 Å². The zero-order valence-electron chi connectivity index (χ0n) is 9.18. The van der Waals surface area contributed by atoms with Crippen LogP contribution in [0, 0.1) is 11.3 Å². The van der Waals surface area contributed by atoms with Crippen LogP contribution in [0.3, 0.4) is 0 Å². The summed E-state index contributed by atoms with van der Waals surface area (Å²) in [4.78, 5) is 11.7. The zero-order valence-corrected chi connectivity index (χ0v) is 9.18. The number of carbonyl (C=O) groups is 1. The summed E-state index contributed by atoms with van der Waals surface area (Å²) in [6.07, 6.45) is 5.08. The molecule has 74 valence electrons. The molecule has 2 atom stereocenters. The maximum atomic E-state index is 11.7. The molecule has 0 aromatic carbocycles. The Morgan fingerprint density at radius 3 is 2.62 bits per heavy atom. The molecule has 1 aliphatic rings. The first-order valence-electron chi connectivity index (χ1n) is 5.26. The van der Waals surface area contributed by atoms with Crippen LogP contribution in [-0.4, -0.2) is 5.78 Å². The van der Waals surface area contributed by atoms with E-state index in [0.29, 0.717) is 5.78 Å². The van der Waals surface area contributed by atoms with Gasteiger partial charge in [-0.1, -0.05) is 33.3 Å². The molecule has 13 heavy (non-hydrogen) atoms. The average molecular weight is 180 g/mol. The Morgan fingerprint density at radius 1 is 1.54 bits per heavy atom. The molecule has 0 saturated carbocycles. The Balaban J connectivity index is 2.94. The molecule has 1 nitrogen and oxygen atoms in total. The van der Waals surface area contributed by atoms with Crippen LogP contribution in [0.4, 0.5) is 0 Å². The summed E-state index contributed by atoms with van der Waals surface area (Å²) >= 11 is 0.